The Labute approximate surface area is 231 Å². The normalized spacial score (nSPS) is 21.6. The van der Waals surface area contributed by atoms with E-state index in [1.165, 1.54) is 17.7 Å². The zero-order valence-corrected chi connectivity index (χ0v) is 22.2. The van der Waals surface area contributed by atoms with Crippen LogP contribution >= 0.6 is 0 Å². The Hall–Kier alpha value is -3.59. The third-order valence-corrected chi connectivity index (χ3v) is 8.47. The van der Waals surface area contributed by atoms with E-state index in [9.17, 15) is 22.4 Å². The average Bonchev–Trinajstić information content (AvgIpc) is 2.96. The van der Waals surface area contributed by atoms with Gasteiger partial charge in [0.1, 0.15) is 5.82 Å². The molecule has 2 atom stereocenters. The fourth-order valence-corrected chi connectivity index (χ4v) is 6.44. The second kappa shape index (κ2) is 10.8. The van der Waals surface area contributed by atoms with Crippen molar-refractivity contribution in [1.82, 2.24) is 9.80 Å². The van der Waals surface area contributed by atoms with Crippen LogP contribution in [0.2, 0.25) is 0 Å². The molecule has 210 valence electrons. The van der Waals surface area contributed by atoms with Crippen LogP contribution in [0.4, 0.5) is 28.9 Å². The van der Waals surface area contributed by atoms with Gasteiger partial charge in [-0.2, -0.15) is 13.2 Å². The molecule has 0 aliphatic carbocycles. The first kappa shape index (κ1) is 26.6. The largest absolute Gasteiger partial charge is 0.416 e. The van der Waals surface area contributed by atoms with Crippen LogP contribution in [0.1, 0.15) is 16.7 Å². The van der Waals surface area contributed by atoms with Gasteiger partial charge in [-0.3, -0.25) is 9.69 Å². The molecule has 0 saturated carbocycles. The van der Waals surface area contributed by atoms with Gasteiger partial charge in [-0.15, -0.1) is 0 Å². The summed E-state index contributed by atoms with van der Waals surface area (Å²) in [7, 11) is 0. The lowest BCUT2D eigenvalue weighted by molar-refractivity contribution is -0.137. The van der Waals surface area contributed by atoms with Crippen molar-refractivity contribution in [1.29, 1.82) is 0 Å². The molecule has 2 unspecified atom stereocenters. The molecule has 40 heavy (non-hydrogen) atoms. The van der Waals surface area contributed by atoms with Gasteiger partial charge in [0.15, 0.2) is 0 Å². The summed E-state index contributed by atoms with van der Waals surface area (Å²) in [5.74, 6) is -0.787. The van der Waals surface area contributed by atoms with E-state index in [4.69, 9.17) is 0 Å². The van der Waals surface area contributed by atoms with Crippen molar-refractivity contribution in [3.63, 3.8) is 0 Å². The van der Waals surface area contributed by atoms with Gasteiger partial charge >= 0.3 is 6.18 Å². The molecule has 3 aromatic rings. The van der Waals surface area contributed by atoms with Crippen LogP contribution in [0.15, 0.2) is 72.8 Å². The van der Waals surface area contributed by atoms with E-state index in [1.807, 2.05) is 28.0 Å². The van der Waals surface area contributed by atoms with Gasteiger partial charge in [-0.1, -0.05) is 42.5 Å². The summed E-state index contributed by atoms with van der Waals surface area (Å²) in [5.41, 5.74) is 2.40. The Morgan fingerprint density at radius 2 is 1.55 bits per heavy atom. The Morgan fingerprint density at radius 1 is 0.825 bits per heavy atom. The highest BCUT2D eigenvalue weighted by atomic mass is 19.4. The minimum atomic E-state index is -4.44. The minimum Gasteiger partial charge on any atom is -0.366 e. The highest BCUT2D eigenvalue weighted by Crippen LogP contribution is 2.40. The molecule has 5 nitrogen and oxygen atoms in total. The molecule has 0 N–H and O–H groups in total. The van der Waals surface area contributed by atoms with E-state index in [-0.39, 0.29) is 24.2 Å². The third-order valence-electron chi connectivity index (χ3n) is 8.47. The number of nitrogens with zero attached hydrogens (tertiary/aromatic N) is 4. The van der Waals surface area contributed by atoms with E-state index in [0.29, 0.717) is 50.5 Å². The summed E-state index contributed by atoms with van der Waals surface area (Å²) >= 11 is 0. The van der Waals surface area contributed by atoms with Crippen molar-refractivity contribution in [2.24, 2.45) is 5.92 Å². The van der Waals surface area contributed by atoms with Crippen LogP contribution in [-0.2, 0) is 23.9 Å². The van der Waals surface area contributed by atoms with Crippen LogP contribution in [0.5, 0.6) is 0 Å². The van der Waals surface area contributed by atoms with Crippen molar-refractivity contribution in [2.45, 2.75) is 25.2 Å². The molecular weight excluding hydrogens is 520 g/mol. The number of para-hydroxylation sites is 1. The fourth-order valence-electron chi connectivity index (χ4n) is 6.44. The standard InChI is InChI=1S/C31H32F4N4O/c32-26-8-4-5-9-28(26)37-13-15-38(16-14-37)30(40)25-19-23-18-24(31(33,34)35)10-11-27(23)39-17-12-36(21-29(25)39)20-22-6-2-1-3-7-22/h1-11,18,25,29H,12-17,19-21H2. The number of fused-ring (bicyclic) bond motifs is 3. The second-order valence-corrected chi connectivity index (χ2v) is 10.9. The van der Waals surface area contributed by atoms with Gasteiger partial charge in [0.2, 0.25) is 5.91 Å². The van der Waals surface area contributed by atoms with Crippen molar-refractivity contribution in [3.8, 4) is 0 Å². The van der Waals surface area contributed by atoms with Crippen molar-refractivity contribution < 1.29 is 22.4 Å². The molecule has 9 heteroatoms. The van der Waals surface area contributed by atoms with Crippen LogP contribution in [0.25, 0.3) is 0 Å². The van der Waals surface area contributed by atoms with Crippen molar-refractivity contribution in [3.05, 3.63) is 95.3 Å². The number of hydrogen-bond donors (Lipinski definition) is 0. The molecule has 2 fully saturated rings. The van der Waals surface area contributed by atoms with E-state index in [0.717, 1.165) is 24.8 Å². The van der Waals surface area contributed by atoms with Gasteiger partial charge < -0.3 is 14.7 Å². The van der Waals surface area contributed by atoms with E-state index in [1.54, 1.807) is 24.3 Å². The summed E-state index contributed by atoms with van der Waals surface area (Å²) in [6.07, 6.45) is -4.17. The van der Waals surface area contributed by atoms with Gasteiger partial charge in [-0.05, 0) is 47.9 Å². The molecule has 0 spiro atoms. The maximum Gasteiger partial charge on any atom is 0.416 e. The monoisotopic (exact) mass is 552 g/mol. The van der Waals surface area contributed by atoms with Crippen LogP contribution in [0.3, 0.4) is 0 Å². The first-order valence-electron chi connectivity index (χ1n) is 13.8. The first-order valence-corrected chi connectivity index (χ1v) is 13.8. The summed E-state index contributed by atoms with van der Waals surface area (Å²) < 4.78 is 55.1. The number of piperazine rings is 2. The summed E-state index contributed by atoms with van der Waals surface area (Å²) in [4.78, 5) is 22.3. The fraction of sp³-hybridized carbons (Fsp3) is 0.387. The predicted molar refractivity (Wildman–Crippen MR) is 147 cm³/mol. The Balaban J connectivity index is 1.24. The van der Waals surface area contributed by atoms with Crippen LogP contribution < -0.4 is 9.80 Å². The lowest BCUT2D eigenvalue weighted by atomic mass is 9.82. The number of hydrogen-bond acceptors (Lipinski definition) is 4. The summed E-state index contributed by atoms with van der Waals surface area (Å²) in [6.45, 7) is 4.70. The second-order valence-electron chi connectivity index (χ2n) is 10.9. The lowest BCUT2D eigenvalue weighted by Crippen LogP contribution is -2.62. The van der Waals surface area contributed by atoms with Gasteiger partial charge in [0, 0.05) is 58.0 Å². The SMILES string of the molecule is O=C(C1Cc2cc(C(F)(F)F)ccc2N2CCN(Cc3ccccc3)CC12)N1CCN(c2ccccc2F)CC1. The Morgan fingerprint density at radius 3 is 2.27 bits per heavy atom. The smallest absolute Gasteiger partial charge is 0.366 e. The predicted octanol–water partition coefficient (Wildman–Crippen LogP) is 5.06. The summed E-state index contributed by atoms with van der Waals surface area (Å²) in [5, 5.41) is 0. The van der Waals surface area contributed by atoms with Crippen LogP contribution in [-0.4, -0.2) is 67.6 Å². The highest BCUT2D eigenvalue weighted by Gasteiger charge is 2.44. The first-order chi connectivity index (χ1) is 19.3. The molecule has 3 aliphatic heterocycles. The number of rotatable bonds is 4. The molecule has 6 rings (SSSR count). The lowest BCUT2D eigenvalue weighted by Gasteiger charge is -2.50. The molecule has 3 aromatic carbocycles. The minimum absolute atomic E-state index is 0.0344. The number of alkyl halides is 3. The molecule has 0 bridgehead atoms. The molecule has 0 radical (unpaired) electrons. The van der Waals surface area contributed by atoms with Crippen molar-refractivity contribution in [2.75, 3.05) is 55.6 Å². The van der Waals surface area contributed by atoms with Gasteiger partial charge in [0.25, 0.3) is 0 Å². The molecule has 1 amide bonds. The average molecular weight is 553 g/mol. The molecule has 3 aliphatic rings. The van der Waals surface area contributed by atoms with Gasteiger partial charge in [0.05, 0.1) is 23.2 Å². The number of amides is 1. The number of carbonyl (C=O) groups excluding carboxylic acids is 1. The van der Waals surface area contributed by atoms with Crippen LogP contribution in [0, 0.1) is 11.7 Å². The molecular formula is C31H32F4N4O. The molecule has 0 aromatic heterocycles. The zero-order valence-electron chi connectivity index (χ0n) is 22.2. The number of anilines is 2. The quantitative estimate of drug-likeness (QED) is 0.424. The zero-order chi connectivity index (χ0) is 27.9. The van der Waals surface area contributed by atoms with E-state index < -0.39 is 17.7 Å². The van der Waals surface area contributed by atoms with Crippen molar-refractivity contribution >= 4 is 17.3 Å². The third kappa shape index (κ3) is 5.27. The summed E-state index contributed by atoms with van der Waals surface area (Å²) in [6, 6.07) is 20.6. The Kier molecular flexibility index (Phi) is 7.16. The maximum absolute atomic E-state index is 14.3. The van der Waals surface area contributed by atoms with Gasteiger partial charge in [-0.25, -0.2) is 4.39 Å². The number of benzene rings is 3. The number of halogens is 4. The molecule has 2 saturated heterocycles. The van der Waals surface area contributed by atoms with E-state index in [2.05, 4.69) is 21.9 Å². The molecule has 3 heterocycles. The van der Waals surface area contributed by atoms with E-state index >= 15 is 0 Å². The highest BCUT2D eigenvalue weighted by molar-refractivity contribution is 5.82. The number of carbonyl (C=O) groups is 1. The Bertz CT molecular complexity index is 1360. The maximum atomic E-state index is 14.3. The topological polar surface area (TPSA) is 30.0 Å².